The molecule has 5 aromatic rings. The first-order valence-corrected chi connectivity index (χ1v) is 18.9. The minimum absolute atomic E-state index is 0.136. The van der Waals surface area contributed by atoms with Crippen LogP contribution in [0.3, 0.4) is 0 Å². The molecule has 0 saturated heterocycles. The van der Waals surface area contributed by atoms with Crippen molar-refractivity contribution in [3.8, 4) is 5.69 Å². The number of ether oxygens (including phenoxy) is 1. The van der Waals surface area contributed by atoms with E-state index in [2.05, 4.69) is 15.6 Å². The number of hydrogen-bond acceptors (Lipinski definition) is 9. The summed E-state index contributed by atoms with van der Waals surface area (Å²) >= 11 is 0. The quantitative estimate of drug-likeness (QED) is 0.118. The van der Waals surface area contributed by atoms with Crippen LogP contribution in [0.4, 0.5) is 33.3 Å². The number of carbonyl (C=O) groups is 3. The molecule has 1 aliphatic rings. The number of aryl methyl sites for hydroxylation is 1. The zero-order chi connectivity index (χ0) is 42.3. The Hall–Kier alpha value is -6.44. The summed E-state index contributed by atoms with van der Waals surface area (Å²) in [7, 11) is -3.15. The van der Waals surface area contributed by atoms with Gasteiger partial charge < -0.3 is 15.4 Å². The van der Waals surface area contributed by atoms with Crippen LogP contribution in [0.2, 0.25) is 0 Å². The molecule has 0 radical (unpaired) electrons. The number of anilines is 2. The third-order valence-electron chi connectivity index (χ3n) is 9.34. The third kappa shape index (κ3) is 8.18. The number of carbonyl (C=O) groups excluding carboxylic acids is 3. The number of esters is 1. The predicted molar refractivity (Wildman–Crippen MR) is 199 cm³/mol. The molecule has 20 heteroatoms. The first-order valence-electron chi connectivity index (χ1n) is 17.4. The van der Waals surface area contributed by atoms with Crippen LogP contribution >= 0.6 is 0 Å². The van der Waals surface area contributed by atoms with Crippen molar-refractivity contribution >= 4 is 50.1 Å². The van der Waals surface area contributed by atoms with Gasteiger partial charge in [-0.05, 0) is 80.8 Å². The number of benzene rings is 3. The van der Waals surface area contributed by atoms with Crippen molar-refractivity contribution in [3.05, 3.63) is 123 Å². The molecule has 2 amide bonds. The summed E-state index contributed by atoms with van der Waals surface area (Å²) in [6.45, 7) is 3.10. The molecule has 1 saturated carbocycles. The fourth-order valence-electron chi connectivity index (χ4n) is 6.02. The Morgan fingerprint density at radius 3 is 2.21 bits per heavy atom. The Morgan fingerprint density at radius 2 is 1.60 bits per heavy atom. The van der Waals surface area contributed by atoms with Crippen molar-refractivity contribution in [1.29, 1.82) is 0 Å². The van der Waals surface area contributed by atoms with E-state index in [9.17, 15) is 45.6 Å². The summed E-state index contributed by atoms with van der Waals surface area (Å²) in [5, 5.41) is 4.66. The maximum atomic E-state index is 15.3. The minimum Gasteiger partial charge on any atom is -0.461 e. The van der Waals surface area contributed by atoms with Crippen LogP contribution in [0.1, 0.15) is 42.6 Å². The number of fused-ring (bicyclic) bond motifs is 1. The van der Waals surface area contributed by atoms with Gasteiger partial charge >= 0.3 is 17.8 Å². The number of sulfonamides is 1. The van der Waals surface area contributed by atoms with Crippen molar-refractivity contribution in [1.82, 2.24) is 19.4 Å². The zero-order valence-corrected chi connectivity index (χ0v) is 31.5. The van der Waals surface area contributed by atoms with Crippen LogP contribution in [0.15, 0.2) is 93.6 Å². The molecule has 0 bridgehead atoms. The molecule has 3 N–H and O–H groups in total. The second kappa shape index (κ2) is 15.5. The molecule has 1 atom stereocenters. The van der Waals surface area contributed by atoms with Crippen LogP contribution in [-0.4, -0.2) is 58.6 Å². The van der Waals surface area contributed by atoms with E-state index in [-0.39, 0.29) is 36.0 Å². The van der Waals surface area contributed by atoms with Crippen molar-refractivity contribution in [2.24, 2.45) is 12.5 Å². The average molecular weight is 829 g/mol. The molecule has 3 aromatic carbocycles. The molecule has 304 valence electrons. The Labute approximate surface area is 325 Å². The van der Waals surface area contributed by atoms with Gasteiger partial charge in [0.05, 0.1) is 45.0 Å². The maximum Gasteiger partial charge on any atom is 0.403 e. The summed E-state index contributed by atoms with van der Waals surface area (Å²) in [5.74, 6) is -6.25. The minimum atomic E-state index is -4.76. The Bertz CT molecular complexity index is 2680. The van der Waals surface area contributed by atoms with Crippen molar-refractivity contribution < 1.29 is 49.5 Å². The number of halogens is 5. The zero-order valence-electron chi connectivity index (χ0n) is 30.7. The number of nitrogens with one attached hydrogen (secondary N) is 3. The van der Waals surface area contributed by atoms with Gasteiger partial charge in [-0.25, -0.2) is 31.4 Å². The molecule has 2 aromatic heterocycles. The van der Waals surface area contributed by atoms with Gasteiger partial charge in [0, 0.05) is 31.4 Å². The van der Waals surface area contributed by atoms with Crippen molar-refractivity contribution in [3.63, 3.8) is 0 Å². The predicted octanol–water partition coefficient (Wildman–Crippen LogP) is 4.74. The summed E-state index contributed by atoms with van der Waals surface area (Å²) < 4.78 is 106. The highest BCUT2D eigenvalue weighted by molar-refractivity contribution is 7.92. The van der Waals surface area contributed by atoms with E-state index in [1.807, 2.05) is 4.72 Å². The van der Waals surface area contributed by atoms with Crippen LogP contribution in [0.5, 0.6) is 0 Å². The van der Waals surface area contributed by atoms with Gasteiger partial charge in [0.1, 0.15) is 23.1 Å². The van der Waals surface area contributed by atoms with Crippen molar-refractivity contribution in [2.45, 2.75) is 56.3 Å². The second-order valence-electron chi connectivity index (χ2n) is 13.7. The molecule has 0 spiro atoms. The van der Waals surface area contributed by atoms with Gasteiger partial charge in [-0.1, -0.05) is 12.1 Å². The number of rotatable bonds is 12. The van der Waals surface area contributed by atoms with E-state index < -0.39 is 90.6 Å². The van der Waals surface area contributed by atoms with Gasteiger partial charge in [-0.15, -0.1) is 0 Å². The lowest BCUT2D eigenvalue weighted by Crippen LogP contribution is -2.44. The van der Waals surface area contributed by atoms with Gasteiger partial charge in [0.25, 0.3) is 21.5 Å². The summed E-state index contributed by atoms with van der Waals surface area (Å²) in [6.07, 6.45) is -3.61. The molecule has 1 aliphatic carbocycles. The van der Waals surface area contributed by atoms with Crippen molar-refractivity contribution in [2.75, 3.05) is 10.0 Å². The Morgan fingerprint density at radius 1 is 0.948 bits per heavy atom. The third-order valence-corrected chi connectivity index (χ3v) is 10.7. The number of hydrogen-bond donors (Lipinski definition) is 3. The molecule has 0 aliphatic heterocycles. The Kier molecular flexibility index (Phi) is 11.0. The fourth-order valence-corrected chi connectivity index (χ4v) is 7.08. The normalized spacial score (nSPS) is 14.2. The fraction of sp³-hybridized carbons (Fsp3) is 0.263. The highest BCUT2D eigenvalue weighted by atomic mass is 32.2. The number of aromatic nitrogens is 3. The average Bonchev–Trinajstić information content (AvgIpc) is 3.99. The standard InChI is InChI=1S/C38H33F5N6O8S/c1-20(2)57-34(52)30(16-21-4-8-23(9-5-21)49-33(51)25-12-15-44-19-31(25)48(3)36(49)54)46-32(50)26-17-28(40)29(18-27(26)39)47-58(55,56)24-10-6-22(7-11-24)45-35(53)37(13-14-37)38(41,42)43/h4-12,15,17-20,30,47H,13-14,16H2,1-3H3,(H,45,53)(H,46,50)/t30-/m0/s1. The van der Waals surface area contributed by atoms with E-state index in [0.29, 0.717) is 23.2 Å². The monoisotopic (exact) mass is 828 g/mol. The van der Waals surface area contributed by atoms with Gasteiger partial charge in [0.15, 0.2) is 0 Å². The number of nitrogens with zero attached hydrogens (tertiary/aromatic N) is 3. The smallest absolute Gasteiger partial charge is 0.403 e. The van der Waals surface area contributed by atoms with E-state index in [1.54, 1.807) is 13.8 Å². The molecule has 14 nitrogen and oxygen atoms in total. The highest BCUT2D eigenvalue weighted by Crippen LogP contribution is 2.58. The SMILES string of the molecule is CC(C)OC(=O)[C@H](Cc1ccc(-n2c(=O)c3ccncc3n(C)c2=O)cc1)NC(=O)c1cc(F)c(NS(=O)(=O)c2ccc(NC(=O)C3(C(F)(F)F)CC3)cc2)cc1F. The van der Waals surface area contributed by atoms with Crippen LogP contribution in [0.25, 0.3) is 16.6 Å². The van der Waals surface area contributed by atoms with Gasteiger partial charge in [-0.3, -0.25) is 28.7 Å². The molecule has 1 fully saturated rings. The number of amides is 2. The highest BCUT2D eigenvalue weighted by Gasteiger charge is 2.68. The number of alkyl halides is 3. The molecular formula is C38H33F5N6O8S. The summed E-state index contributed by atoms with van der Waals surface area (Å²) in [4.78, 5) is 68.3. The lowest BCUT2D eigenvalue weighted by atomic mass is 10.0. The van der Waals surface area contributed by atoms with E-state index in [0.717, 1.165) is 28.8 Å². The first kappa shape index (κ1) is 41.2. The largest absolute Gasteiger partial charge is 0.461 e. The van der Waals surface area contributed by atoms with Gasteiger partial charge in [-0.2, -0.15) is 13.2 Å². The molecule has 6 rings (SSSR count). The maximum absolute atomic E-state index is 15.3. The summed E-state index contributed by atoms with van der Waals surface area (Å²) in [6, 6.07) is 10.6. The van der Waals surface area contributed by atoms with Crippen LogP contribution < -0.4 is 26.6 Å². The molecule has 0 unspecified atom stereocenters. The first-order chi connectivity index (χ1) is 27.2. The van der Waals surface area contributed by atoms with E-state index in [4.69, 9.17) is 4.74 Å². The van der Waals surface area contributed by atoms with E-state index >= 15 is 8.78 Å². The summed E-state index contributed by atoms with van der Waals surface area (Å²) in [5.41, 5.74) is -4.75. The number of pyridine rings is 1. The van der Waals surface area contributed by atoms with Crippen LogP contribution in [0, 0.1) is 17.0 Å². The lowest BCUT2D eigenvalue weighted by molar-refractivity contribution is -0.189. The lowest BCUT2D eigenvalue weighted by Gasteiger charge is -2.20. The van der Waals surface area contributed by atoms with Gasteiger partial charge in [0.2, 0.25) is 5.91 Å². The molecule has 2 heterocycles. The second-order valence-corrected chi connectivity index (χ2v) is 15.4. The molecule has 58 heavy (non-hydrogen) atoms. The van der Waals surface area contributed by atoms with Crippen LogP contribution in [-0.2, 0) is 37.8 Å². The molecular weight excluding hydrogens is 796 g/mol. The Balaban J connectivity index is 1.17. The topological polar surface area (TPSA) is 188 Å². The van der Waals surface area contributed by atoms with E-state index in [1.165, 1.54) is 54.3 Å².